The predicted octanol–water partition coefficient (Wildman–Crippen LogP) is 28.2. The van der Waals surface area contributed by atoms with E-state index in [2.05, 4.69) is 233 Å². The van der Waals surface area contributed by atoms with Crippen molar-refractivity contribution in [3.63, 3.8) is 0 Å². The Balaban J connectivity index is 0.702. The summed E-state index contributed by atoms with van der Waals surface area (Å²) < 4.78 is 34.4. The summed E-state index contributed by atoms with van der Waals surface area (Å²) in [4.78, 5) is 31.6. The molecule has 0 N–H and O–H groups in total. The van der Waals surface area contributed by atoms with Gasteiger partial charge in [0, 0.05) is 54.9 Å². The number of rotatable bonds is 17. The molecule has 0 aliphatic heterocycles. The maximum atomic E-state index is 14.9. The number of hydrogen-bond donors (Lipinski definition) is 0. The van der Waals surface area contributed by atoms with E-state index in [1.54, 1.807) is 0 Å². The van der Waals surface area contributed by atoms with Gasteiger partial charge in [-0.05, 0) is 217 Å². The molecule has 0 aliphatic carbocycles. The minimum absolute atomic E-state index is 0.298. The Morgan fingerprint density at radius 2 is 0.475 bits per heavy atom. The highest BCUT2D eigenvalue weighted by Crippen LogP contribution is 2.45. The fourth-order valence-corrected chi connectivity index (χ4v) is 17.5. The molecule has 574 valence electrons. The van der Waals surface area contributed by atoms with Crippen molar-refractivity contribution >= 4 is 43.6 Å². The monoisotopic (exact) mass is 1550 g/mol. The third kappa shape index (κ3) is 14.5. The summed E-state index contributed by atoms with van der Waals surface area (Å²) in [5, 5.41) is 4.37. The van der Waals surface area contributed by atoms with Gasteiger partial charge in [-0.3, -0.25) is 0 Å². The second-order valence-electron chi connectivity index (χ2n) is 31.8. The van der Waals surface area contributed by atoms with Crippen LogP contribution in [-0.4, -0.2) is 39.0 Å². The Labute approximate surface area is 695 Å². The number of halogens is 2. The van der Waals surface area contributed by atoms with Gasteiger partial charge >= 0.3 is 0 Å². The summed E-state index contributed by atoms with van der Waals surface area (Å²) in [6.45, 7) is 13.0. The van der Waals surface area contributed by atoms with Gasteiger partial charge in [-0.1, -0.05) is 300 Å². The van der Waals surface area contributed by atoms with Crippen LogP contribution in [0.15, 0.2) is 352 Å². The lowest BCUT2D eigenvalue weighted by atomic mass is 9.94. The average molecular weight is 1550 g/mol. The van der Waals surface area contributed by atoms with Crippen LogP contribution in [0.4, 0.5) is 8.78 Å². The van der Waals surface area contributed by atoms with E-state index < -0.39 is 0 Å². The smallest absolute Gasteiger partial charge is 0.166 e. The molecule has 0 bridgehead atoms. The van der Waals surface area contributed by atoms with E-state index in [1.165, 1.54) is 68.8 Å². The van der Waals surface area contributed by atoms with Crippen molar-refractivity contribution in [2.24, 2.45) is 0 Å². The highest BCUT2D eigenvalue weighted by atomic mass is 19.1. The molecular formula is C110H80F2N8. The van der Waals surface area contributed by atoms with Crippen molar-refractivity contribution in [3.8, 4) is 146 Å². The van der Waals surface area contributed by atoms with E-state index in [9.17, 15) is 8.78 Å². The predicted molar refractivity (Wildman–Crippen MR) is 489 cm³/mol. The molecule has 4 aromatic heterocycles. The molecule has 0 amide bonds. The number of benzene rings is 16. The molecule has 4 heterocycles. The molecule has 10 heteroatoms. The van der Waals surface area contributed by atoms with Crippen molar-refractivity contribution in [1.82, 2.24) is 39.0 Å². The maximum Gasteiger partial charge on any atom is 0.166 e. The molecule has 0 atom stereocenters. The molecule has 0 spiro atoms. The van der Waals surface area contributed by atoms with Gasteiger partial charge in [-0.15, -0.1) is 0 Å². The molecular weight excluding hydrogens is 1470 g/mol. The second-order valence-corrected chi connectivity index (χ2v) is 31.8. The van der Waals surface area contributed by atoms with E-state index in [4.69, 9.17) is 29.9 Å². The standard InChI is InChI=1S/C110H80F2N8/c1-67-49-68(2)54-87(53-67)81-37-47-99-97(61-81)98-62-82(38-48-100(98)119(99)103-63-83(75-29-39-91(111)40-30-75)35-45-95(103)109-115-105(77-19-11-7-12-20-77)113-106(116-109)78-21-13-8-14-22-78)89-57-71(5)51-73(59-89)27-28-74-52-72(6)58-90(60-74)86-34-44-94-93-43-33-85(88-55-69(3)50-70(4)56-88)65-101(93)120(102(94)66-86)104-64-84(76-31-41-92(112)42-32-76)36-46-96(104)110-117-107(79-23-15-9-16-24-79)114-108(118-110)80-25-17-10-18-26-80/h7-26,29-66H,27-28H2,1-6H3. The van der Waals surface area contributed by atoms with E-state index in [1.807, 2.05) is 146 Å². The summed E-state index contributed by atoms with van der Waals surface area (Å²) in [6.07, 6.45) is 1.61. The van der Waals surface area contributed by atoms with Gasteiger partial charge < -0.3 is 9.13 Å². The molecule has 0 radical (unpaired) electrons. The van der Waals surface area contributed by atoms with Crippen LogP contribution in [-0.2, 0) is 12.8 Å². The Morgan fingerprint density at radius 3 is 0.825 bits per heavy atom. The van der Waals surface area contributed by atoms with Gasteiger partial charge in [0.1, 0.15) is 11.6 Å². The van der Waals surface area contributed by atoms with Gasteiger partial charge in [0.2, 0.25) is 0 Å². The number of nitrogens with zero attached hydrogens (tertiary/aromatic N) is 8. The third-order valence-electron chi connectivity index (χ3n) is 23.0. The Morgan fingerprint density at radius 1 is 0.200 bits per heavy atom. The first-order valence-corrected chi connectivity index (χ1v) is 40.8. The van der Waals surface area contributed by atoms with Crippen molar-refractivity contribution in [2.45, 2.75) is 54.4 Å². The fraction of sp³-hybridized carbons (Fsp3) is 0.0727. The van der Waals surface area contributed by atoms with Crippen LogP contribution in [0.5, 0.6) is 0 Å². The summed E-state index contributed by atoms with van der Waals surface area (Å²) in [7, 11) is 0. The highest BCUT2D eigenvalue weighted by molar-refractivity contribution is 6.14. The van der Waals surface area contributed by atoms with Crippen LogP contribution in [0.25, 0.3) is 190 Å². The second kappa shape index (κ2) is 30.9. The zero-order chi connectivity index (χ0) is 81.2. The van der Waals surface area contributed by atoms with E-state index in [-0.39, 0.29) is 11.6 Å². The molecule has 0 saturated heterocycles. The molecule has 20 aromatic rings. The molecule has 16 aromatic carbocycles. The van der Waals surface area contributed by atoms with E-state index in [0.29, 0.717) is 34.9 Å². The number of aryl methyl sites for hydroxylation is 8. The zero-order valence-corrected chi connectivity index (χ0v) is 67.2. The van der Waals surface area contributed by atoms with Crippen LogP contribution in [0.2, 0.25) is 0 Å². The average Bonchev–Trinajstić information content (AvgIpc) is 1.56. The molecule has 20 rings (SSSR count). The van der Waals surface area contributed by atoms with Gasteiger partial charge in [0.15, 0.2) is 34.9 Å². The normalized spacial score (nSPS) is 11.6. The number of aromatic nitrogens is 8. The summed E-state index contributed by atoms with van der Waals surface area (Å²) in [5.41, 5.74) is 33.0. The Bertz CT molecular complexity index is 7250. The van der Waals surface area contributed by atoms with Crippen molar-refractivity contribution < 1.29 is 8.78 Å². The quantitative estimate of drug-likeness (QED) is 0.0903. The van der Waals surface area contributed by atoms with Crippen LogP contribution >= 0.6 is 0 Å². The first-order valence-electron chi connectivity index (χ1n) is 40.8. The largest absolute Gasteiger partial charge is 0.308 e. The summed E-state index contributed by atoms with van der Waals surface area (Å²) in [5.74, 6) is 2.68. The Hall–Kier alpha value is -15.0. The summed E-state index contributed by atoms with van der Waals surface area (Å²) in [6, 6.07) is 122. The molecule has 0 unspecified atom stereocenters. The van der Waals surface area contributed by atoms with Crippen LogP contribution in [0, 0.1) is 53.2 Å². The maximum absolute atomic E-state index is 14.9. The van der Waals surface area contributed by atoms with E-state index in [0.717, 1.165) is 168 Å². The summed E-state index contributed by atoms with van der Waals surface area (Å²) >= 11 is 0. The lowest BCUT2D eigenvalue weighted by molar-refractivity contribution is 0.627. The molecule has 0 fully saturated rings. The highest BCUT2D eigenvalue weighted by Gasteiger charge is 2.26. The SMILES string of the molecule is Cc1cc(C)cc(-c2ccc3c(c2)c2cc(-c4cc(C)cc(CCc5cc(C)cc(-c6ccc7c8ccc(-c9cc(C)cc(C)c9)cc8n(-c8cc(-c9ccc(F)cc9)ccc8-c8nc(-c9ccccc9)nc(-c9ccccc9)n8)c7c6)c5)c4)ccc2n3-c2cc(-c3ccc(F)cc3)ccc2-c2nc(-c3ccccc3)nc(-c3ccccc3)n2)c1. The zero-order valence-electron chi connectivity index (χ0n) is 67.2. The molecule has 0 aliphatic rings. The van der Waals surface area contributed by atoms with Gasteiger partial charge in [-0.2, -0.15) is 0 Å². The minimum Gasteiger partial charge on any atom is -0.308 e. The first-order chi connectivity index (χ1) is 58.6. The lowest BCUT2D eigenvalue weighted by Crippen LogP contribution is -2.04. The number of hydrogen-bond acceptors (Lipinski definition) is 6. The third-order valence-corrected chi connectivity index (χ3v) is 23.0. The Kier molecular flexibility index (Phi) is 19.0. The van der Waals surface area contributed by atoms with Gasteiger partial charge in [0.05, 0.1) is 33.4 Å². The lowest BCUT2D eigenvalue weighted by Gasteiger charge is -2.17. The van der Waals surface area contributed by atoms with Crippen LogP contribution < -0.4 is 0 Å². The van der Waals surface area contributed by atoms with Gasteiger partial charge in [0.25, 0.3) is 0 Å². The minimum atomic E-state index is -0.300. The molecule has 120 heavy (non-hydrogen) atoms. The van der Waals surface area contributed by atoms with Crippen LogP contribution in [0.1, 0.15) is 44.5 Å². The van der Waals surface area contributed by atoms with Crippen LogP contribution in [0.3, 0.4) is 0 Å². The van der Waals surface area contributed by atoms with E-state index >= 15 is 0 Å². The fourth-order valence-electron chi connectivity index (χ4n) is 17.5. The van der Waals surface area contributed by atoms with Crippen molar-refractivity contribution in [3.05, 3.63) is 408 Å². The van der Waals surface area contributed by atoms with Gasteiger partial charge in [-0.25, -0.2) is 38.7 Å². The molecule has 8 nitrogen and oxygen atoms in total. The van der Waals surface area contributed by atoms with Crippen molar-refractivity contribution in [2.75, 3.05) is 0 Å². The molecule has 0 saturated carbocycles. The number of fused-ring (bicyclic) bond motifs is 6. The van der Waals surface area contributed by atoms with Crippen molar-refractivity contribution in [1.29, 1.82) is 0 Å². The topological polar surface area (TPSA) is 87.2 Å². The first kappa shape index (κ1) is 73.9.